The Kier molecular flexibility index (Phi) is 4.06. The van der Waals surface area contributed by atoms with E-state index >= 15 is 0 Å². The van der Waals surface area contributed by atoms with Gasteiger partial charge in [-0.05, 0) is 6.92 Å². The van der Waals surface area contributed by atoms with Gasteiger partial charge in [-0.15, -0.1) is 5.10 Å². The van der Waals surface area contributed by atoms with Crippen molar-refractivity contribution in [2.45, 2.75) is 25.9 Å². The summed E-state index contributed by atoms with van der Waals surface area (Å²) in [5.41, 5.74) is 0. The monoisotopic (exact) mass is 198 g/mol. The molecule has 1 aromatic heterocycles. The number of nitrogens with zero attached hydrogens (tertiary/aromatic N) is 3. The maximum atomic E-state index is 11.2. The molecule has 1 amide bonds. The van der Waals surface area contributed by atoms with Crippen molar-refractivity contribution in [1.29, 1.82) is 0 Å². The summed E-state index contributed by atoms with van der Waals surface area (Å²) in [6, 6.07) is -0.196. The first-order chi connectivity index (χ1) is 6.72. The number of rotatable bonds is 5. The van der Waals surface area contributed by atoms with E-state index in [-0.39, 0.29) is 18.6 Å². The van der Waals surface area contributed by atoms with Crippen LogP contribution in [0.25, 0.3) is 0 Å². The summed E-state index contributed by atoms with van der Waals surface area (Å²) in [4.78, 5) is 11.2. The normalized spacial score (nSPS) is 12.4. The van der Waals surface area contributed by atoms with E-state index in [1.54, 1.807) is 24.0 Å². The van der Waals surface area contributed by atoms with Crippen LogP contribution in [0.5, 0.6) is 0 Å². The first-order valence-electron chi connectivity index (χ1n) is 4.46. The minimum absolute atomic E-state index is 0.0466. The second kappa shape index (κ2) is 5.33. The molecule has 1 heterocycles. The Labute approximate surface area is 81.9 Å². The molecule has 78 valence electrons. The highest BCUT2D eigenvalue weighted by Crippen LogP contribution is 1.89. The molecule has 2 N–H and O–H groups in total. The number of carbonyl (C=O) groups is 1. The summed E-state index contributed by atoms with van der Waals surface area (Å²) in [5, 5.41) is 18.7. The molecule has 1 aromatic rings. The smallest absolute Gasteiger partial charge is 0.222 e. The van der Waals surface area contributed by atoms with Crippen LogP contribution in [0, 0.1) is 0 Å². The molecule has 6 nitrogen and oxygen atoms in total. The number of aliphatic hydroxyl groups excluding tert-OH is 1. The topological polar surface area (TPSA) is 80.0 Å². The summed E-state index contributed by atoms with van der Waals surface area (Å²) in [7, 11) is 0. The molecular formula is C8H14N4O2. The lowest BCUT2D eigenvalue weighted by Crippen LogP contribution is -2.35. The highest BCUT2D eigenvalue weighted by molar-refractivity contribution is 5.76. The molecule has 1 rings (SSSR count). The van der Waals surface area contributed by atoms with Gasteiger partial charge in [-0.25, -0.2) is 0 Å². The van der Waals surface area contributed by atoms with Gasteiger partial charge in [-0.3, -0.25) is 9.48 Å². The minimum atomic E-state index is -0.196. The summed E-state index contributed by atoms with van der Waals surface area (Å²) < 4.78 is 1.59. The largest absolute Gasteiger partial charge is 0.394 e. The Morgan fingerprint density at radius 3 is 3.07 bits per heavy atom. The number of hydrogen-bond acceptors (Lipinski definition) is 4. The lowest BCUT2D eigenvalue weighted by atomic mass is 10.3. The molecule has 0 saturated carbocycles. The number of aliphatic hydroxyl groups is 1. The van der Waals surface area contributed by atoms with Gasteiger partial charge in [0.2, 0.25) is 5.91 Å². The van der Waals surface area contributed by atoms with Gasteiger partial charge >= 0.3 is 0 Å². The minimum Gasteiger partial charge on any atom is -0.394 e. The molecule has 0 radical (unpaired) electrons. The van der Waals surface area contributed by atoms with Crippen molar-refractivity contribution >= 4 is 5.91 Å². The number of amides is 1. The predicted octanol–water partition coefficient (Wildman–Crippen LogP) is -0.835. The molecule has 0 spiro atoms. The van der Waals surface area contributed by atoms with Crippen LogP contribution in [0.2, 0.25) is 0 Å². The fourth-order valence-electron chi connectivity index (χ4n) is 0.961. The number of aromatic nitrogens is 3. The van der Waals surface area contributed by atoms with Crippen LogP contribution in [0.1, 0.15) is 13.3 Å². The van der Waals surface area contributed by atoms with Gasteiger partial charge in [0, 0.05) is 18.7 Å². The average molecular weight is 198 g/mol. The number of carbonyl (C=O) groups excluding carboxylic acids is 1. The Morgan fingerprint density at radius 1 is 1.71 bits per heavy atom. The van der Waals surface area contributed by atoms with Crippen molar-refractivity contribution in [3.8, 4) is 0 Å². The van der Waals surface area contributed by atoms with Crippen LogP contribution in [-0.4, -0.2) is 38.7 Å². The number of nitrogens with one attached hydrogen (secondary N) is 1. The van der Waals surface area contributed by atoms with Crippen LogP contribution in [0.15, 0.2) is 12.4 Å². The molecule has 0 bridgehead atoms. The van der Waals surface area contributed by atoms with Crippen LogP contribution < -0.4 is 5.32 Å². The van der Waals surface area contributed by atoms with E-state index < -0.39 is 0 Å². The van der Waals surface area contributed by atoms with Crippen LogP contribution >= 0.6 is 0 Å². The molecule has 0 aliphatic rings. The quantitative estimate of drug-likeness (QED) is 0.647. The third-order valence-electron chi connectivity index (χ3n) is 1.72. The Bertz CT molecular complexity index is 273. The Balaban J connectivity index is 2.22. The third-order valence-corrected chi connectivity index (χ3v) is 1.72. The fraction of sp³-hybridized carbons (Fsp3) is 0.625. The highest BCUT2D eigenvalue weighted by atomic mass is 16.3. The lowest BCUT2D eigenvalue weighted by Gasteiger charge is -2.10. The maximum Gasteiger partial charge on any atom is 0.222 e. The van der Waals surface area contributed by atoms with E-state index in [4.69, 9.17) is 5.11 Å². The summed E-state index contributed by atoms with van der Waals surface area (Å²) in [5.74, 6) is -0.0953. The summed E-state index contributed by atoms with van der Waals surface area (Å²) in [6.45, 7) is 2.20. The molecule has 14 heavy (non-hydrogen) atoms. The van der Waals surface area contributed by atoms with Crippen LogP contribution in [-0.2, 0) is 11.3 Å². The summed E-state index contributed by atoms with van der Waals surface area (Å²) >= 11 is 0. The van der Waals surface area contributed by atoms with Crippen molar-refractivity contribution in [3.05, 3.63) is 12.4 Å². The lowest BCUT2D eigenvalue weighted by molar-refractivity contribution is -0.122. The molecule has 0 saturated heterocycles. The Hall–Kier alpha value is -1.43. The molecule has 6 heteroatoms. The molecule has 0 unspecified atom stereocenters. The average Bonchev–Trinajstić information content (AvgIpc) is 2.67. The first-order valence-corrected chi connectivity index (χ1v) is 4.46. The Morgan fingerprint density at radius 2 is 2.50 bits per heavy atom. The maximum absolute atomic E-state index is 11.2. The molecule has 0 aliphatic heterocycles. The van der Waals surface area contributed by atoms with Crippen molar-refractivity contribution in [3.63, 3.8) is 0 Å². The van der Waals surface area contributed by atoms with Crippen molar-refractivity contribution in [1.82, 2.24) is 20.3 Å². The zero-order valence-corrected chi connectivity index (χ0v) is 8.05. The van der Waals surface area contributed by atoms with E-state index in [1.807, 2.05) is 0 Å². The van der Waals surface area contributed by atoms with Crippen molar-refractivity contribution in [2.75, 3.05) is 6.61 Å². The van der Waals surface area contributed by atoms with Gasteiger partial charge in [-0.1, -0.05) is 5.21 Å². The van der Waals surface area contributed by atoms with Gasteiger partial charge in [-0.2, -0.15) is 0 Å². The fourth-order valence-corrected chi connectivity index (χ4v) is 0.961. The van der Waals surface area contributed by atoms with E-state index in [0.29, 0.717) is 13.0 Å². The standard InChI is InChI=1S/C8H14N4O2/c1-7(6-13)10-8(14)2-4-12-5-3-9-11-12/h3,5,7,13H,2,4,6H2,1H3,(H,10,14)/t7-/m1/s1. The predicted molar refractivity (Wildman–Crippen MR) is 49.3 cm³/mol. The van der Waals surface area contributed by atoms with Gasteiger partial charge < -0.3 is 10.4 Å². The molecule has 0 fully saturated rings. The molecule has 0 aliphatic carbocycles. The third kappa shape index (κ3) is 3.53. The van der Waals surface area contributed by atoms with Gasteiger partial charge in [0.15, 0.2) is 0 Å². The second-order valence-electron chi connectivity index (χ2n) is 3.07. The van der Waals surface area contributed by atoms with Crippen LogP contribution in [0.4, 0.5) is 0 Å². The van der Waals surface area contributed by atoms with Crippen molar-refractivity contribution < 1.29 is 9.90 Å². The SMILES string of the molecule is C[C@H](CO)NC(=O)CCn1ccnn1. The second-order valence-corrected chi connectivity index (χ2v) is 3.07. The van der Waals surface area contributed by atoms with E-state index in [9.17, 15) is 4.79 Å². The van der Waals surface area contributed by atoms with E-state index in [2.05, 4.69) is 15.6 Å². The summed E-state index contributed by atoms with van der Waals surface area (Å²) in [6.07, 6.45) is 3.60. The van der Waals surface area contributed by atoms with E-state index in [1.165, 1.54) is 0 Å². The van der Waals surface area contributed by atoms with Gasteiger partial charge in [0.05, 0.1) is 19.3 Å². The highest BCUT2D eigenvalue weighted by Gasteiger charge is 2.05. The zero-order chi connectivity index (χ0) is 10.4. The molecular weight excluding hydrogens is 184 g/mol. The van der Waals surface area contributed by atoms with Crippen molar-refractivity contribution in [2.24, 2.45) is 0 Å². The van der Waals surface area contributed by atoms with Gasteiger partial charge in [0.1, 0.15) is 0 Å². The first kappa shape index (κ1) is 10.6. The van der Waals surface area contributed by atoms with Crippen LogP contribution in [0.3, 0.4) is 0 Å². The van der Waals surface area contributed by atoms with E-state index in [0.717, 1.165) is 0 Å². The molecule has 1 atom stereocenters. The zero-order valence-electron chi connectivity index (χ0n) is 8.05. The number of aryl methyl sites for hydroxylation is 1. The van der Waals surface area contributed by atoms with Gasteiger partial charge in [0.25, 0.3) is 0 Å². The number of hydrogen-bond donors (Lipinski definition) is 2. The molecule has 0 aromatic carbocycles.